The summed E-state index contributed by atoms with van der Waals surface area (Å²) in [7, 11) is 0. The van der Waals surface area contributed by atoms with Crippen LogP contribution >= 0.6 is 0 Å². The first-order valence-corrected chi connectivity index (χ1v) is 19.8. The van der Waals surface area contributed by atoms with Crippen LogP contribution in [0, 0.1) is 51.8 Å². The molecule has 0 aromatic rings. The largest absolute Gasteiger partial charge is 0.392 e. The number of hydrogen-bond donors (Lipinski definition) is 4. The smallest absolute Gasteiger partial charge is 0.0696 e. The lowest BCUT2D eigenvalue weighted by Crippen LogP contribution is -2.61. The Hall–Kier alpha value is -0.940. The summed E-state index contributed by atoms with van der Waals surface area (Å²) < 4.78 is 0. The van der Waals surface area contributed by atoms with Gasteiger partial charge in [-0.25, -0.2) is 0 Å². The topological polar surface area (TPSA) is 64.5 Å². The average Bonchev–Trinajstić information content (AvgIpc) is 3.76. The zero-order chi connectivity index (χ0) is 32.2. The Kier molecular flexibility index (Phi) is 7.92. The summed E-state index contributed by atoms with van der Waals surface area (Å²) in [6, 6.07) is 0.617. The molecule has 4 nitrogen and oxygen atoms in total. The third-order valence-corrected chi connectivity index (χ3v) is 17.0. The molecule has 7 aliphatic carbocycles. The van der Waals surface area contributed by atoms with Crippen molar-refractivity contribution in [2.45, 2.75) is 167 Å². The standard InChI is InChI=1S/C42H66N2O2/c1-25(2)30-19-34-26(3)16-31(22-39(34,5)42(23-30)15-9-14-41(42)12-7-8-13-41)35-11-10-32-18-29-17-28-20-36(43-24-27(4)45)37(46)21-33(28)38(29)40(32,6)44-35/h16,27-30,32-33,35-38,43-46H,1,7-15,17-24H2,2-6H3. The predicted molar refractivity (Wildman–Crippen MR) is 188 cm³/mol. The van der Waals surface area contributed by atoms with E-state index in [1.165, 1.54) is 95.5 Å². The molecule has 256 valence electrons. The molecule has 4 heteroatoms. The van der Waals surface area contributed by atoms with E-state index in [-0.39, 0.29) is 29.2 Å². The van der Waals surface area contributed by atoms with Gasteiger partial charge in [-0.1, -0.05) is 61.1 Å². The zero-order valence-corrected chi connectivity index (χ0v) is 30.0. The van der Waals surface area contributed by atoms with E-state index in [1.54, 1.807) is 16.7 Å². The Balaban J connectivity index is 1.08. The van der Waals surface area contributed by atoms with Gasteiger partial charge in [0.05, 0.1) is 12.2 Å². The van der Waals surface area contributed by atoms with Crippen molar-refractivity contribution >= 4 is 0 Å². The highest BCUT2D eigenvalue weighted by molar-refractivity contribution is 5.45. The highest BCUT2D eigenvalue weighted by Gasteiger charge is 2.67. The van der Waals surface area contributed by atoms with Crippen molar-refractivity contribution in [2.24, 2.45) is 51.8 Å². The van der Waals surface area contributed by atoms with Crippen LogP contribution in [0.4, 0.5) is 0 Å². The molecule has 6 saturated carbocycles. The van der Waals surface area contributed by atoms with E-state index in [1.807, 2.05) is 6.92 Å². The van der Waals surface area contributed by atoms with Crippen molar-refractivity contribution in [3.63, 3.8) is 0 Å². The maximum atomic E-state index is 11.3. The summed E-state index contributed by atoms with van der Waals surface area (Å²) in [5.74, 6) is 4.22. The molecule has 46 heavy (non-hydrogen) atoms. The van der Waals surface area contributed by atoms with E-state index in [0.717, 1.165) is 24.7 Å². The third kappa shape index (κ3) is 4.57. The maximum Gasteiger partial charge on any atom is 0.0696 e. The van der Waals surface area contributed by atoms with Gasteiger partial charge in [-0.15, -0.1) is 0 Å². The number of fused-ring (bicyclic) bond motifs is 8. The van der Waals surface area contributed by atoms with Gasteiger partial charge in [0.2, 0.25) is 0 Å². The lowest BCUT2D eigenvalue weighted by molar-refractivity contribution is -0.0724. The number of rotatable bonds is 5. The van der Waals surface area contributed by atoms with E-state index < -0.39 is 0 Å². The van der Waals surface area contributed by atoms with Crippen LogP contribution in [0.5, 0.6) is 0 Å². The Bertz CT molecular complexity index is 1290. The SMILES string of the molecule is C=C(C)C1CC2=C(C)C=C(C3CCC4CC5CC6CC(NCC(C)O)C(O)CC6C5C4(C)N3)CC2(C)C2(CCCC23CCCC3)C1. The fourth-order valence-corrected chi connectivity index (χ4v) is 15.2. The molecule has 0 radical (unpaired) electrons. The minimum absolute atomic E-state index is 0.133. The summed E-state index contributed by atoms with van der Waals surface area (Å²) in [5.41, 5.74) is 7.95. The molecule has 1 aliphatic heterocycles. The molecular formula is C42H66N2O2. The molecule has 13 unspecified atom stereocenters. The summed E-state index contributed by atoms with van der Waals surface area (Å²) in [6.07, 6.45) is 23.4. The quantitative estimate of drug-likeness (QED) is 0.231. The zero-order valence-electron chi connectivity index (χ0n) is 30.0. The number of aliphatic hydroxyl groups is 2. The fraction of sp³-hybridized carbons (Fsp3) is 0.857. The molecule has 0 bridgehead atoms. The average molecular weight is 631 g/mol. The number of piperidine rings is 1. The van der Waals surface area contributed by atoms with Crippen molar-refractivity contribution in [3.05, 3.63) is 34.9 Å². The van der Waals surface area contributed by atoms with Gasteiger partial charge in [-0.2, -0.15) is 0 Å². The third-order valence-electron chi connectivity index (χ3n) is 17.0. The van der Waals surface area contributed by atoms with E-state index in [4.69, 9.17) is 0 Å². The second-order valence-corrected chi connectivity index (χ2v) is 19.1. The molecule has 0 aromatic heterocycles. The first-order chi connectivity index (χ1) is 21.9. The molecule has 2 spiro atoms. The van der Waals surface area contributed by atoms with E-state index in [2.05, 4.69) is 51.0 Å². The first-order valence-electron chi connectivity index (χ1n) is 19.8. The van der Waals surface area contributed by atoms with Crippen LogP contribution in [0.3, 0.4) is 0 Å². The Morgan fingerprint density at radius 3 is 2.54 bits per heavy atom. The van der Waals surface area contributed by atoms with Crippen LogP contribution in [-0.4, -0.2) is 46.6 Å². The molecule has 4 N–H and O–H groups in total. The van der Waals surface area contributed by atoms with Gasteiger partial charge in [-0.05, 0) is 163 Å². The second kappa shape index (κ2) is 11.3. The van der Waals surface area contributed by atoms with Gasteiger partial charge in [0.1, 0.15) is 0 Å². The minimum atomic E-state index is -0.366. The molecule has 1 heterocycles. The van der Waals surface area contributed by atoms with Crippen molar-refractivity contribution < 1.29 is 10.2 Å². The van der Waals surface area contributed by atoms with Crippen LogP contribution in [-0.2, 0) is 0 Å². The summed E-state index contributed by atoms with van der Waals surface area (Å²) in [6.45, 7) is 17.1. The monoisotopic (exact) mass is 631 g/mol. The Labute approximate surface area is 280 Å². The van der Waals surface area contributed by atoms with Crippen molar-refractivity contribution in [3.8, 4) is 0 Å². The van der Waals surface area contributed by atoms with Gasteiger partial charge >= 0.3 is 0 Å². The van der Waals surface area contributed by atoms with Crippen LogP contribution in [0.2, 0.25) is 0 Å². The maximum absolute atomic E-state index is 11.3. The number of allylic oxidation sites excluding steroid dienone is 4. The predicted octanol–water partition coefficient (Wildman–Crippen LogP) is 8.25. The number of aliphatic hydroxyl groups excluding tert-OH is 2. The molecule has 8 rings (SSSR count). The molecule has 8 aliphatic rings. The Morgan fingerprint density at radius 2 is 1.80 bits per heavy atom. The van der Waals surface area contributed by atoms with E-state index in [0.29, 0.717) is 47.1 Å². The summed E-state index contributed by atoms with van der Waals surface area (Å²) >= 11 is 0. The van der Waals surface area contributed by atoms with Gasteiger partial charge in [0.15, 0.2) is 0 Å². The molecule has 13 atom stereocenters. The summed E-state index contributed by atoms with van der Waals surface area (Å²) in [5, 5.41) is 29.2. The van der Waals surface area contributed by atoms with Crippen LogP contribution in [0.15, 0.2) is 34.9 Å². The lowest BCUT2D eigenvalue weighted by Gasteiger charge is -2.63. The minimum Gasteiger partial charge on any atom is -0.392 e. The van der Waals surface area contributed by atoms with E-state index in [9.17, 15) is 10.2 Å². The normalized spacial score (nSPS) is 49.9. The van der Waals surface area contributed by atoms with Crippen molar-refractivity contribution in [2.75, 3.05) is 6.54 Å². The second-order valence-electron chi connectivity index (χ2n) is 19.1. The van der Waals surface area contributed by atoms with E-state index >= 15 is 0 Å². The molecule has 0 aromatic carbocycles. The van der Waals surface area contributed by atoms with Gasteiger partial charge in [0, 0.05) is 24.2 Å². The highest BCUT2D eigenvalue weighted by atomic mass is 16.3. The van der Waals surface area contributed by atoms with Gasteiger partial charge < -0.3 is 20.8 Å². The van der Waals surface area contributed by atoms with Crippen LogP contribution in [0.25, 0.3) is 0 Å². The number of hydrogen-bond acceptors (Lipinski definition) is 4. The molecular weight excluding hydrogens is 564 g/mol. The van der Waals surface area contributed by atoms with Crippen LogP contribution in [0.1, 0.15) is 137 Å². The first kappa shape index (κ1) is 32.3. The fourth-order valence-electron chi connectivity index (χ4n) is 15.2. The van der Waals surface area contributed by atoms with Crippen molar-refractivity contribution in [1.29, 1.82) is 0 Å². The number of nitrogens with one attached hydrogen (secondary N) is 2. The Morgan fingerprint density at radius 1 is 1.04 bits per heavy atom. The molecule has 1 saturated heterocycles. The van der Waals surface area contributed by atoms with Crippen LogP contribution < -0.4 is 10.6 Å². The molecule has 0 amide bonds. The van der Waals surface area contributed by atoms with Gasteiger partial charge in [0.25, 0.3) is 0 Å². The van der Waals surface area contributed by atoms with Gasteiger partial charge in [-0.3, -0.25) is 0 Å². The highest BCUT2D eigenvalue weighted by Crippen LogP contribution is 2.76. The lowest BCUT2D eigenvalue weighted by atomic mass is 9.41. The summed E-state index contributed by atoms with van der Waals surface area (Å²) in [4.78, 5) is 0. The van der Waals surface area contributed by atoms with Crippen molar-refractivity contribution in [1.82, 2.24) is 10.6 Å². The molecule has 7 fully saturated rings.